The van der Waals surface area contributed by atoms with Crippen LogP contribution in [0.3, 0.4) is 0 Å². The summed E-state index contributed by atoms with van der Waals surface area (Å²) in [5.41, 5.74) is 0.261. The summed E-state index contributed by atoms with van der Waals surface area (Å²) in [6.45, 7) is 1.30. The first-order valence-corrected chi connectivity index (χ1v) is 6.08. The van der Waals surface area contributed by atoms with E-state index in [4.69, 9.17) is 9.26 Å². The maximum Gasteiger partial charge on any atom is 0.355 e. The molecule has 2 rings (SSSR count). The van der Waals surface area contributed by atoms with E-state index in [0.29, 0.717) is 5.76 Å². The largest absolute Gasteiger partial charge is 0.451 e. The summed E-state index contributed by atoms with van der Waals surface area (Å²) in [5.74, 6) is -0.255. The molecule has 0 aliphatic rings. The molecular formula is C11H10BrN3O4. The van der Waals surface area contributed by atoms with Gasteiger partial charge in [0.25, 0.3) is 5.91 Å². The molecule has 0 aliphatic heterocycles. The van der Waals surface area contributed by atoms with Gasteiger partial charge in [-0.15, -0.1) is 0 Å². The number of aryl methyl sites for hydroxylation is 1. The minimum atomic E-state index is -0.614. The third kappa shape index (κ3) is 3.68. The molecule has 0 bridgehead atoms. The molecule has 0 aromatic carbocycles. The Hall–Kier alpha value is -2.09. The number of aromatic amines is 1. The first-order chi connectivity index (χ1) is 9.04. The highest BCUT2D eigenvalue weighted by atomic mass is 79.9. The summed E-state index contributed by atoms with van der Waals surface area (Å²) in [4.78, 5) is 25.7. The molecule has 0 saturated carbocycles. The van der Waals surface area contributed by atoms with E-state index in [2.05, 4.69) is 31.4 Å². The fourth-order valence-electron chi connectivity index (χ4n) is 1.30. The van der Waals surface area contributed by atoms with E-state index >= 15 is 0 Å². The summed E-state index contributed by atoms with van der Waals surface area (Å²) >= 11 is 3.19. The van der Waals surface area contributed by atoms with Crippen molar-refractivity contribution in [1.29, 1.82) is 0 Å². The number of carbonyl (C=O) groups is 2. The number of rotatable bonds is 4. The van der Waals surface area contributed by atoms with E-state index in [-0.39, 0.29) is 11.5 Å². The topological polar surface area (TPSA) is 97.2 Å². The van der Waals surface area contributed by atoms with Crippen molar-refractivity contribution >= 4 is 33.6 Å². The molecular weight excluding hydrogens is 318 g/mol. The quantitative estimate of drug-likeness (QED) is 0.835. The van der Waals surface area contributed by atoms with Gasteiger partial charge in [-0.25, -0.2) is 4.79 Å². The van der Waals surface area contributed by atoms with Gasteiger partial charge in [-0.2, -0.15) is 0 Å². The zero-order valence-electron chi connectivity index (χ0n) is 9.90. The van der Waals surface area contributed by atoms with Crippen LogP contribution in [0.5, 0.6) is 0 Å². The van der Waals surface area contributed by atoms with Crippen molar-refractivity contribution < 1.29 is 18.8 Å². The highest BCUT2D eigenvalue weighted by Gasteiger charge is 2.12. The number of aromatic nitrogens is 2. The summed E-state index contributed by atoms with van der Waals surface area (Å²) in [5, 5.41) is 6.02. The van der Waals surface area contributed by atoms with E-state index in [1.807, 2.05) is 0 Å². The van der Waals surface area contributed by atoms with Gasteiger partial charge in [-0.1, -0.05) is 5.16 Å². The smallest absolute Gasteiger partial charge is 0.355 e. The molecule has 0 saturated heterocycles. The molecule has 8 heteroatoms. The third-order valence-electron chi connectivity index (χ3n) is 2.10. The summed E-state index contributed by atoms with van der Waals surface area (Å²) in [7, 11) is 0. The predicted molar refractivity (Wildman–Crippen MR) is 68.6 cm³/mol. The van der Waals surface area contributed by atoms with Crippen LogP contribution in [0.1, 0.15) is 16.2 Å². The molecule has 2 aromatic heterocycles. The van der Waals surface area contributed by atoms with Gasteiger partial charge in [0.1, 0.15) is 11.5 Å². The van der Waals surface area contributed by atoms with Gasteiger partial charge in [0.15, 0.2) is 12.4 Å². The molecule has 0 atom stereocenters. The summed E-state index contributed by atoms with van der Waals surface area (Å²) < 4.78 is 10.3. The van der Waals surface area contributed by atoms with Crippen molar-refractivity contribution in [2.24, 2.45) is 0 Å². The van der Waals surface area contributed by atoms with E-state index in [1.165, 1.54) is 0 Å². The van der Waals surface area contributed by atoms with Crippen molar-refractivity contribution in [3.8, 4) is 0 Å². The number of amides is 1. The Kier molecular flexibility index (Phi) is 4.00. The predicted octanol–water partition coefficient (Wildman–Crippen LogP) is 1.87. The first kappa shape index (κ1) is 13.3. The molecule has 0 aliphatic carbocycles. The van der Waals surface area contributed by atoms with Crippen molar-refractivity contribution in [2.45, 2.75) is 6.92 Å². The minimum absolute atomic E-state index is 0.261. The molecule has 7 nitrogen and oxygen atoms in total. The lowest BCUT2D eigenvalue weighted by Gasteiger charge is -2.02. The number of nitrogens with one attached hydrogen (secondary N) is 2. The lowest BCUT2D eigenvalue weighted by Crippen LogP contribution is -2.21. The van der Waals surface area contributed by atoms with Crippen LogP contribution in [0.15, 0.2) is 27.3 Å². The molecule has 100 valence electrons. The molecule has 0 radical (unpaired) electrons. The van der Waals surface area contributed by atoms with Gasteiger partial charge in [-0.05, 0) is 28.9 Å². The standard InChI is InChI=1S/C11H10BrN3O4/c1-6-2-9(15-19-6)14-10(16)5-18-11(17)8-3-7(12)4-13-8/h2-4,13H,5H2,1H3,(H,14,15,16). The first-order valence-electron chi connectivity index (χ1n) is 5.29. The molecule has 2 aromatic rings. The molecule has 2 N–H and O–H groups in total. The lowest BCUT2D eigenvalue weighted by atomic mass is 10.4. The SMILES string of the molecule is Cc1cc(NC(=O)COC(=O)c2cc(Br)c[nH]2)no1. The van der Waals surface area contributed by atoms with Crippen molar-refractivity contribution in [2.75, 3.05) is 11.9 Å². The van der Waals surface area contributed by atoms with E-state index in [9.17, 15) is 9.59 Å². The highest BCUT2D eigenvalue weighted by molar-refractivity contribution is 9.10. The third-order valence-corrected chi connectivity index (χ3v) is 2.56. The second kappa shape index (κ2) is 5.70. The van der Waals surface area contributed by atoms with Crippen LogP contribution < -0.4 is 5.32 Å². The zero-order chi connectivity index (χ0) is 13.8. The monoisotopic (exact) mass is 327 g/mol. The van der Waals surface area contributed by atoms with Gasteiger partial charge < -0.3 is 19.6 Å². The maximum absolute atomic E-state index is 11.5. The average Bonchev–Trinajstić information content (AvgIpc) is 2.95. The summed E-state index contributed by atoms with van der Waals surface area (Å²) in [6.07, 6.45) is 1.59. The number of H-pyrrole nitrogens is 1. The van der Waals surface area contributed by atoms with Crippen LogP contribution in [-0.2, 0) is 9.53 Å². The average molecular weight is 328 g/mol. The minimum Gasteiger partial charge on any atom is -0.451 e. The van der Waals surface area contributed by atoms with Crippen LogP contribution in [0.2, 0.25) is 0 Å². The number of carbonyl (C=O) groups excluding carboxylic acids is 2. The Morgan fingerprint density at radius 2 is 2.32 bits per heavy atom. The zero-order valence-corrected chi connectivity index (χ0v) is 11.5. The molecule has 0 unspecified atom stereocenters. The van der Waals surface area contributed by atoms with E-state index in [1.54, 1.807) is 25.3 Å². The second-order valence-electron chi connectivity index (χ2n) is 3.68. The number of halogens is 1. The molecule has 1 amide bonds. The van der Waals surface area contributed by atoms with Crippen LogP contribution in [0.25, 0.3) is 0 Å². The highest BCUT2D eigenvalue weighted by Crippen LogP contribution is 2.11. The number of hydrogen-bond donors (Lipinski definition) is 2. The van der Waals surface area contributed by atoms with Crippen molar-refractivity contribution in [3.63, 3.8) is 0 Å². The Bertz CT molecular complexity index is 605. The van der Waals surface area contributed by atoms with Crippen LogP contribution in [-0.4, -0.2) is 28.6 Å². The van der Waals surface area contributed by atoms with Crippen LogP contribution in [0, 0.1) is 6.92 Å². The Balaban J connectivity index is 1.82. The van der Waals surface area contributed by atoms with Gasteiger partial charge in [0.05, 0.1) is 0 Å². The van der Waals surface area contributed by atoms with Gasteiger partial charge in [-0.3, -0.25) is 4.79 Å². The van der Waals surface area contributed by atoms with Gasteiger partial charge in [0, 0.05) is 16.7 Å². The molecule has 19 heavy (non-hydrogen) atoms. The summed E-state index contributed by atoms with van der Waals surface area (Å²) in [6, 6.07) is 3.11. The van der Waals surface area contributed by atoms with Crippen LogP contribution >= 0.6 is 15.9 Å². The Morgan fingerprint density at radius 1 is 1.53 bits per heavy atom. The number of esters is 1. The number of anilines is 1. The van der Waals surface area contributed by atoms with Gasteiger partial charge in [0.2, 0.25) is 0 Å². The molecule has 0 fully saturated rings. The second-order valence-corrected chi connectivity index (χ2v) is 4.59. The van der Waals surface area contributed by atoms with Crippen LogP contribution in [0.4, 0.5) is 5.82 Å². The maximum atomic E-state index is 11.5. The number of hydrogen-bond acceptors (Lipinski definition) is 5. The van der Waals surface area contributed by atoms with Gasteiger partial charge >= 0.3 is 5.97 Å². The van der Waals surface area contributed by atoms with E-state index < -0.39 is 18.5 Å². The van der Waals surface area contributed by atoms with Crippen molar-refractivity contribution in [1.82, 2.24) is 10.1 Å². The fraction of sp³-hybridized carbons (Fsp3) is 0.182. The fourth-order valence-corrected chi connectivity index (χ4v) is 1.64. The van der Waals surface area contributed by atoms with Crippen molar-refractivity contribution in [3.05, 3.63) is 34.3 Å². The lowest BCUT2D eigenvalue weighted by molar-refractivity contribution is -0.119. The normalized spacial score (nSPS) is 10.2. The number of ether oxygens (including phenoxy) is 1. The molecule has 0 spiro atoms. The Morgan fingerprint density at radius 3 is 2.89 bits per heavy atom. The molecule has 2 heterocycles. The van der Waals surface area contributed by atoms with E-state index in [0.717, 1.165) is 4.47 Å². The number of nitrogens with zero attached hydrogens (tertiary/aromatic N) is 1. The Labute approximate surface area is 116 Å².